The molecule has 1 saturated heterocycles. The summed E-state index contributed by atoms with van der Waals surface area (Å²) in [6.45, 7) is 9.15. The Balaban J connectivity index is 1.43. The second-order valence-electron chi connectivity index (χ2n) is 6.53. The summed E-state index contributed by atoms with van der Waals surface area (Å²) in [5.74, 6) is 0.734. The van der Waals surface area contributed by atoms with Gasteiger partial charge < -0.3 is 10.2 Å². The van der Waals surface area contributed by atoms with Gasteiger partial charge in [0.15, 0.2) is 0 Å². The Morgan fingerprint density at radius 2 is 1.90 bits per heavy atom. The molecule has 1 aliphatic carbocycles. The molecule has 1 N–H and O–H groups in total. The van der Waals surface area contributed by atoms with Crippen LogP contribution in [0.1, 0.15) is 19.8 Å². The summed E-state index contributed by atoms with van der Waals surface area (Å²) in [5, 5.41) is 4.50. The Labute approximate surface area is 133 Å². The Bertz CT molecular complexity index is 453. The standard InChI is InChI=1S/C17H26ClN3/c1-14(12-19-15-6-7-15)13-20-8-10-21(11-9-20)17-5-3-2-4-16(17)18/h2-5,14-15,19H,6-13H2,1H3. The van der Waals surface area contributed by atoms with Gasteiger partial charge in [0.1, 0.15) is 0 Å². The minimum absolute atomic E-state index is 0.734. The summed E-state index contributed by atoms with van der Waals surface area (Å²) in [6, 6.07) is 9.00. The van der Waals surface area contributed by atoms with E-state index in [2.05, 4.69) is 34.2 Å². The van der Waals surface area contributed by atoms with Crippen LogP contribution in [0.15, 0.2) is 24.3 Å². The molecule has 1 aliphatic heterocycles. The Kier molecular flexibility index (Phi) is 5.04. The number of nitrogens with one attached hydrogen (secondary N) is 1. The maximum Gasteiger partial charge on any atom is 0.0639 e. The molecule has 1 aromatic carbocycles. The maximum absolute atomic E-state index is 6.29. The molecule has 0 bridgehead atoms. The van der Waals surface area contributed by atoms with Crippen LogP contribution in [0.2, 0.25) is 5.02 Å². The highest BCUT2D eigenvalue weighted by Crippen LogP contribution is 2.26. The number of rotatable bonds is 6. The van der Waals surface area contributed by atoms with Gasteiger partial charge in [0.2, 0.25) is 0 Å². The molecule has 3 rings (SSSR count). The van der Waals surface area contributed by atoms with Crippen LogP contribution in [0.5, 0.6) is 0 Å². The topological polar surface area (TPSA) is 18.5 Å². The van der Waals surface area contributed by atoms with Gasteiger partial charge in [-0.1, -0.05) is 30.7 Å². The molecule has 0 radical (unpaired) electrons. The van der Waals surface area contributed by atoms with Gasteiger partial charge in [-0.25, -0.2) is 0 Å². The number of nitrogens with zero attached hydrogens (tertiary/aromatic N) is 2. The van der Waals surface area contributed by atoms with Crippen molar-refractivity contribution < 1.29 is 0 Å². The van der Waals surface area contributed by atoms with Crippen LogP contribution in [0.3, 0.4) is 0 Å². The van der Waals surface area contributed by atoms with E-state index in [4.69, 9.17) is 11.6 Å². The monoisotopic (exact) mass is 307 g/mol. The minimum atomic E-state index is 0.734. The predicted molar refractivity (Wildman–Crippen MR) is 90.3 cm³/mol. The van der Waals surface area contributed by atoms with E-state index in [-0.39, 0.29) is 0 Å². The average Bonchev–Trinajstić information content (AvgIpc) is 3.31. The first-order chi connectivity index (χ1) is 10.2. The van der Waals surface area contributed by atoms with Crippen molar-refractivity contribution >= 4 is 17.3 Å². The van der Waals surface area contributed by atoms with Gasteiger partial charge in [0, 0.05) is 38.8 Å². The van der Waals surface area contributed by atoms with Gasteiger partial charge >= 0.3 is 0 Å². The lowest BCUT2D eigenvalue weighted by Gasteiger charge is -2.37. The Morgan fingerprint density at radius 1 is 1.19 bits per heavy atom. The molecule has 2 fully saturated rings. The second-order valence-corrected chi connectivity index (χ2v) is 6.93. The number of benzene rings is 1. The van der Waals surface area contributed by atoms with Gasteiger partial charge in [-0.2, -0.15) is 0 Å². The Morgan fingerprint density at radius 3 is 2.57 bits per heavy atom. The van der Waals surface area contributed by atoms with Crippen LogP contribution in [-0.2, 0) is 0 Å². The van der Waals surface area contributed by atoms with E-state index in [9.17, 15) is 0 Å². The van der Waals surface area contributed by atoms with Crippen molar-refractivity contribution in [2.45, 2.75) is 25.8 Å². The first-order valence-corrected chi connectivity index (χ1v) is 8.55. The molecule has 21 heavy (non-hydrogen) atoms. The van der Waals surface area contributed by atoms with Crippen molar-refractivity contribution in [3.8, 4) is 0 Å². The molecule has 116 valence electrons. The molecule has 0 amide bonds. The molecule has 3 nitrogen and oxygen atoms in total. The van der Waals surface area contributed by atoms with Crippen LogP contribution >= 0.6 is 11.6 Å². The van der Waals surface area contributed by atoms with Crippen LogP contribution in [0.4, 0.5) is 5.69 Å². The lowest BCUT2D eigenvalue weighted by molar-refractivity contribution is 0.222. The normalized spacial score (nSPS) is 21.5. The molecule has 0 aromatic heterocycles. The van der Waals surface area contributed by atoms with E-state index in [0.29, 0.717) is 0 Å². The molecule has 4 heteroatoms. The van der Waals surface area contributed by atoms with Crippen LogP contribution in [0, 0.1) is 5.92 Å². The number of hydrogen-bond acceptors (Lipinski definition) is 3. The highest BCUT2D eigenvalue weighted by molar-refractivity contribution is 6.33. The third-order valence-corrected chi connectivity index (χ3v) is 4.79. The zero-order chi connectivity index (χ0) is 14.7. The van der Waals surface area contributed by atoms with Gasteiger partial charge in [-0.05, 0) is 37.4 Å². The fourth-order valence-corrected chi connectivity index (χ4v) is 3.30. The van der Waals surface area contributed by atoms with Gasteiger partial charge in [-0.15, -0.1) is 0 Å². The predicted octanol–water partition coefficient (Wildman–Crippen LogP) is 2.85. The van der Waals surface area contributed by atoms with Crippen molar-refractivity contribution in [3.63, 3.8) is 0 Å². The summed E-state index contributed by atoms with van der Waals surface area (Å²) in [6.07, 6.45) is 2.76. The molecule has 2 aliphatic rings. The first kappa shape index (κ1) is 15.1. The number of piperazine rings is 1. The van der Waals surface area contributed by atoms with Crippen LogP contribution < -0.4 is 10.2 Å². The maximum atomic E-state index is 6.29. The summed E-state index contributed by atoms with van der Waals surface area (Å²) in [4.78, 5) is 5.00. The van der Waals surface area contributed by atoms with Gasteiger partial charge in [0.25, 0.3) is 0 Å². The number of anilines is 1. The molecule has 1 saturated carbocycles. The summed E-state index contributed by atoms with van der Waals surface area (Å²) in [5.41, 5.74) is 1.18. The third-order valence-electron chi connectivity index (χ3n) is 4.47. The molecular formula is C17H26ClN3. The zero-order valence-corrected chi connectivity index (χ0v) is 13.6. The average molecular weight is 308 g/mol. The van der Waals surface area contributed by atoms with Crippen molar-refractivity contribution in [2.24, 2.45) is 5.92 Å². The summed E-state index contributed by atoms with van der Waals surface area (Å²) < 4.78 is 0. The Hall–Kier alpha value is -0.770. The van der Waals surface area contributed by atoms with Crippen molar-refractivity contribution in [3.05, 3.63) is 29.3 Å². The highest BCUT2D eigenvalue weighted by Gasteiger charge is 2.23. The molecule has 0 spiro atoms. The van der Waals surface area contributed by atoms with E-state index < -0.39 is 0 Å². The van der Waals surface area contributed by atoms with Gasteiger partial charge in [0.05, 0.1) is 10.7 Å². The quantitative estimate of drug-likeness (QED) is 0.872. The lowest BCUT2D eigenvalue weighted by atomic mass is 10.1. The number of halogens is 1. The fraction of sp³-hybridized carbons (Fsp3) is 0.647. The van der Waals surface area contributed by atoms with E-state index in [1.165, 1.54) is 25.1 Å². The lowest BCUT2D eigenvalue weighted by Crippen LogP contribution is -2.48. The molecule has 1 unspecified atom stereocenters. The zero-order valence-electron chi connectivity index (χ0n) is 12.9. The summed E-state index contributed by atoms with van der Waals surface area (Å²) >= 11 is 6.29. The van der Waals surface area contributed by atoms with E-state index in [1.807, 2.05) is 12.1 Å². The van der Waals surface area contributed by atoms with Crippen LogP contribution in [0.25, 0.3) is 0 Å². The molecular weight excluding hydrogens is 282 g/mol. The van der Waals surface area contributed by atoms with Crippen LogP contribution in [-0.4, -0.2) is 50.2 Å². The van der Waals surface area contributed by atoms with Crippen molar-refractivity contribution in [1.29, 1.82) is 0 Å². The molecule has 1 aromatic rings. The first-order valence-electron chi connectivity index (χ1n) is 8.17. The third kappa shape index (κ3) is 4.35. The SMILES string of the molecule is CC(CNC1CC1)CN1CCN(c2ccccc2Cl)CC1. The smallest absolute Gasteiger partial charge is 0.0639 e. The second kappa shape index (κ2) is 6.99. The fourth-order valence-electron chi connectivity index (χ4n) is 3.04. The van der Waals surface area contributed by atoms with Crippen molar-refractivity contribution in [2.75, 3.05) is 44.2 Å². The molecule has 1 atom stereocenters. The minimum Gasteiger partial charge on any atom is -0.368 e. The largest absolute Gasteiger partial charge is 0.368 e. The number of para-hydroxylation sites is 1. The van der Waals surface area contributed by atoms with Gasteiger partial charge in [-0.3, -0.25) is 4.90 Å². The van der Waals surface area contributed by atoms with E-state index in [0.717, 1.165) is 49.7 Å². The van der Waals surface area contributed by atoms with E-state index >= 15 is 0 Å². The van der Waals surface area contributed by atoms with Crippen molar-refractivity contribution in [1.82, 2.24) is 10.2 Å². The van der Waals surface area contributed by atoms with E-state index in [1.54, 1.807) is 0 Å². The molecule has 1 heterocycles. The highest BCUT2D eigenvalue weighted by atomic mass is 35.5. The summed E-state index contributed by atoms with van der Waals surface area (Å²) in [7, 11) is 0. The number of hydrogen-bond donors (Lipinski definition) is 1.